The second kappa shape index (κ2) is 6.86. The number of hydrogen-bond acceptors (Lipinski definition) is 6. The fraction of sp³-hybridized carbons (Fsp3) is 0.0588. The number of aliphatic imine (C=N–C) groups is 1. The summed E-state index contributed by atoms with van der Waals surface area (Å²) in [4.78, 5) is 26.7. The summed E-state index contributed by atoms with van der Waals surface area (Å²) >= 11 is 3.39. The van der Waals surface area contributed by atoms with Gasteiger partial charge in [-0.2, -0.15) is 0 Å². The zero-order chi connectivity index (χ0) is 18.0. The molecule has 0 bridgehead atoms. The van der Waals surface area contributed by atoms with Gasteiger partial charge in [-0.25, -0.2) is 9.79 Å². The maximum Gasteiger partial charge on any atom is 0.363 e. The molecule has 0 aromatic heterocycles. The SMILES string of the molecule is COc1ccc(C2=N/C(=C\c3ccccc3Br)C(=O)O2)cc1[N+](=O)[O-]. The molecule has 0 aliphatic carbocycles. The van der Waals surface area contributed by atoms with E-state index in [1.54, 1.807) is 12.1 Å². The smallest absolute Gasteiger partial charge is 0.363 e. The number of carbonyl (C=O) groups is 1. The molecule has 0 N–H and O–H groups in total. The maximum absolute atomic E-state index is 12.0. The first-order valence-corrected chi connectivity index (χ1v) is 7.89. The number of carbonyl (C=O) groups excluding carboxylic acids is 1. The third-order valence-corrected chi connectivity index (χ3v) is 4.16. The molecule has 1 heterocycles. The van der Waals surface area contributed by atoms with Crippen LogP contribution in [0, 0.1) is 10.1 Å². The summed E-state index contributed by atoms with van der Waals surface area (Å²) < 4.78 is 10.9. The number of rotatable bonds is 4. The minimum absolute atomic E-state index is 0.00839. The van der Waals surface area contributed by atoms with Crippen LogP contribution in [0.25, 0.3) is 6.08 Å². The standard InChI is InChI=1S/C17H11BrN2O5/c1-24-15-7-6-11(9-14(15)20(22)23)16-19-13(17(21)25-16)8-10-4-2-3-5-12(10)18/h2-9H,1H3/b13-8-. The zero-order valence-corrected chi connectivity index (χ0v) is 14.5. The summed E-state index contributed by atoms with van der Waals surface area (Å²) in [6, 6.07) is 11.6. The Morgan fingerprint density at radius 3 is 2.72 bits per heavy atom. The van der Waals surface area contributed by atoms with Crippen LogP contribution in [0.2, 0.25) is 0 Å². The van der Waals surface area contributed by atoms with Crippen LogP contribution in [-0.2, 0) is 9.53 Å². The Labute approximate surface area is 150 Å². The van der Waals surface area contributed by atoms with E-state index in [0.29, 0.717) is 5.56 Å². The first kappa shape index (κ1) is 16.8. The van der Waals surface area contributed by atoms with E-state index in [2.05, 4.69) is 20.9 Å². The average molecular weight is 403 g/mol. The summed E-state index contributed by atoms with van der Waals surface area (Å²) in [5, 5.41) is 11.1. The quantitative estimate of drug-likeness (QED) is 0.336. The predicted octanol–water partition coefficient (Wildman–Crippen LogP) is 3.71. The Bertz CT molecular complexity index is 936. The van der Waals surface area contributed by atoms with Crippen LogP contribution >= 0.6 is 15.9 Å². The van der Waals surface area contributed by atoms with Crippen LogP contribution < -0.4 is 4.74 Å². The van der Waals surface area contributed by atoms with Crippen molar-refractivity contribution in [2.75, 3.05) is 7.11 Å². The van der Waals surface area contributed by atoms with Crippen LogP contribution in [0.15, 0.2) is 57.6 Å². The van der Waals surface area contributed by atoms with Gasteiger partial charge in [-0.15, -0.1) is 0 Å². The number of nitrogens with zero attached hydrogens (tertiary/aromatic N) is 2. The van der Waals surface area contributed by atoms with Crippen molar-refractivity contribution in [3.05, 3.63) is 73.9 Å². The van der Waals surface area contributed by atoms with Crippen LogP contribution in [0.5, 0.6) is 5.75 Å². The predicted molar refractivity (Wildman–Crippen MR) is 94.4 cm³/mol. The fourth-order valence-corrected chi connectivity index (χ4v) is 2.64. The molecule has 0 saturated carbocycles. The number of nitro groups is 1. The molecule has 25 heavy (non-hydrogen) atoms. The van der Waals surface area contributed by atoms with Gasteiger partial charge < -0.3 is 9.47 Å². The molecule has 7 nitrogen and oxygen atoms in total. The topological polar surface area (TPSA) is 91.0 Å². The van der Waals surface area contributed by atoms with E-state index in [4.69, 9.17) is 9.47 Å². The van der Waals surface area contributed by atoms with Gasteiger partial charge >= 0.3 is 11.7 Å². The second-order valence-electron chi connectivity index (χ2n) is 5.00. The summed E-state index contributed by atoms with van der Waals surface area (Å²) in [5.41, 5.74) is 0.957. The van der Waals surface area contributed by atoms with Gasteiger partial charge in [0.15, 0.2) is 11.4 Å². The van der Waals surface area contributed by atoms with Crippen LogP contribution in [0.1, 0.15) is 11.1 Å². The van der Waals surface area contributed by atoms with E-state index in [1.807, 2.05) is 24.3 Å². The highest BCUT2D eigenvalue weighted by molar-refractivity contribution is 9.10. The van der Waals surface area contributed by atoms with Crippen molar-refractivity contribution in [3.8, 4) is 5.75 Å². The number of halogens is 1. The van der Waals surface area contributed by atoms with Crippen molar-refractivity contribution in [2.24, 2.45) is 4.99 Å². The lowest BCUT2D eigenvalue weighted by Crippen LogP contribution is -2.06. The lowest BCUT2D eigenvalue weighted by molar-refractivity contribution is -0.385. The summed E-state index contributed by atoms with van der Waals surface area (Å²) in [6.45, 7) is 0. The minimum Gasteiger partial charge on any atom is -0.490 e. The average Bonchev–Trinajstić information content (AvgIpc) is 2.97. The van der Waals surface area contributed by atoms with Crippen molar-refractivity contribution >= 4 is 39.6 Å². The molecule has 0 saturated heterocycles. The maximum atomic E-state index is 12.0. The molecule has 1 aliphatic heterocycles. The molecule has 126 valence electrons. The van der Waals surface area contributed by atoms with Gasteiger partial charge in [0, 0.05) is 16.1 Å². The molecular weight excluding hydrogens is 392 g/mol. The first-order chi connectivity index (χ1) is 12.0. The summed E-state index contributed by atoms with van der Waals surface area (Å²) in [6.07, 6.45) is 1.58. The minimum atomic E-state index is -0.621. The number of nitro benzene ring substituents is 1. The van der Waals surface area contributed by atoms with Gasteiger partial charge in [0.25, 0.3) is 0 Å². The Hall–Kier alpha value is -3.00. The highest BCUT2D eigenvalue weighted by atomic mass is 79.9. The lowest BCUT2D eigenvalue weighted by Gasteiger charge is -2.03. The van der Waals surface area contributed by atoms with Crippen molar-refractivity contribution < 1.29 is 19.2 Å². The number of methoxy groups -OCH3 is 1. The zero-order valence-electron chi connectivity index (χ0n) is 12.9. The van der Waals surface area contributed by atoms with Gasteiger partial charge in [0.1, 0.15) is 0 Å². The Balaban J connectivity index is 1.99. The Morgan fingerprint density at radius 1 is 1.28 bits per heavy atom. The third-order valence-electron chi connectivity index (χ3n) is 3.44. The second-order valence-corrected chi connectivity index (χ2v) is 5.86. The fourth-order valence-electron chi connectivity index (χ4n) is 2.24. The Kier molecular flexibility index (Phi) is 4.62. The van der Waals surface area contributed by atoms with E-state index in [9.17, 15) is 14.9 Å². The van der Waals surface area contributed by atoms with Gasteiger partial charge in [0.05, 0.1) is 12.0 Å². The van der Waals surface area contributed by atoms with Crippen LogP contribution in [0.4, 0.5) is 5.69 Å². The lowest BCUT2D eigenvalue weighted by atomic mass is 10.2. The van der Waals surface area contributed by atoms with E-state index in [1.165, 1.54) is 19.2 Å². The first-order valence-electron chi connectivity index (χ1n) is 7.09. The largest absolute Gasteiger partial charge is 0.490 e. The van der Waals surface area contributed by atoms with Crippen molar-refractivity contribution in [3.63, 3.8) is 0 Å². The molecular formula is C17H11BrN2O5. The number of benzene rings is 2. The monoisotopic (exact) mass is 402 g/mol. The van der Waals surface area contributed by atoms with E-state index in [-0.39, 0.29) is 23.0 Å². The molecule has 0 fully saturated rings. The van der Waals surface area contributed by atoms with E-state index >= 15 is 0 Å². The van der Waals surface area contributed by atoms with E-state index in [0.717, 1.165) is 10.0 Å². The van der Waals surface area contributed by atoms with Gasteiger partial charge in [-0.05, 0) is 29.8 Å². The van der Waals surface area contributed by atoms with Gasteiger partial charge in [-0.3, -0.25) is 10.1 Å². The summed E-state index contributed by atoms with van der Waals surface area (Å²) in [5.74, 6) is -0.499. The van der Waals surface area contributed by atoms with Gasteiger partial charge in [-0.1, -0.05) is 34.1 Å². The molecule has 0 atom stereocenters. The van der Waals surface area contributed by atoms with Crippen molar-refractivity contribution in [2.45, 2.75) is 0 Å². The molecule has 2 aromatic carbocycles. The number of hydrogen-bond donors (Lipinski definition) is 0. The molecule has 8 heteroatoms. The van der Waals surface area contributed by atoms with Crippen LogP contribution in [0.3, 0.4) is 0 Å². The highest BCUT2D eigenvalue weighted by Gasteiger charge is 2.26. The number of cyclic esters (lactones) is 1. The highest BCUT2D eigenvalue weighted by Crippen LogP contribution is 2.30. The molecule has 1 aliphatic rings. The molecule has 0 unspecified atom stereocenters. The number of ether oxygens (including phenoxy) is 2. The number of esters is 1. The molecule has 2 aromatic rings. The molecule has 0 radical (unpaired) electrons. The molecule has 0 amide bonds. The summed E-state index contributed by atoms with van der Waals surface area (Å²) in [7, 11) is 1.34. The van der Waals surface area contributed by atoms with Crippen LogP contribution in [-0.4, -0.2) is 23.9 Å². The van der Waals surface area contributed by atoms with Gasteiger partial charge in [0.2, 0.25) is 5.90 Å². The molecule has 0 spiro atoms. The van der Waals surface area contributed by atoms with Crippen molar-refractivity contribution in [1.29, 1.82) is 0 Å². The van der Waals surface area contributed by atoms with E-state index < -0.39 is 10.9 Å². The normalized spacial score (nSPS) is 15.0. The molecule has 3 rings (SSSR count). The third kappa shape index (κ3) is 3.43. The van der Waals surface area contributed by atoms with Crippen molar-refractivity contribution in [1.82, 2.24) is 0 Å². The Morgan fingerprint density at radius 2 is 2.04 bits per heavy atom.